The van der Waals surface area contributed by atoms with E-state index in [0.717, 1.165) is 0 Å². The van der Waals surface area contributed by atoms with Gasteiger partial charge in [-0.15, -0.1) is 0 Å². The molecule has 40 valence electrons. The molecule has 0 saturated heterocycles. The predicted octanol–water partition coefficient (Wildman–Crippen LogP) is -0.824. The van der Waals surface area contributed by atoms with Crippen molar-refractivity contribution < 1.29 is 9.84 Å². The van der Waals surface area contributed by atoms with Gasteiger partial charge in [-0.2, -0.15) is 0 Å². The minimum atomic E-state index is -0.782. The summed E-state index contributed by atoms with van der Waals surface area (Å²) in [5.74, 6) is 0. The van der Waals surface area contributed by atoms with Crippen LogP contribution in [-0.4, -0.2) is 17.6 Å². The van der Waals surface area contributed by atoms with Crippen molar-refractivity contribution in [2.24, 2.45) is 5.73 Å². The number of nitrogens with two attached hydrogens (primary N) is 1. The highest BCUT2D eigenvalue weighted by molar-refractivity contribution is 4.95. The average Bonchev–Trinajstić information content (AvgIpc) is 1.87. The Hall–Kier alpha value is -0.380. The van der Waals surface area contributed by atoms with Crippen LogP contribution in [0.3, 0.4) is 0 Å². The maximum atomic E-state index is 8.51. The van der Waals surface area contributed by atoms with E-state index in [-0.39, 0.29) is 0 Å². The third-order valence-electron chi connectivity index (χ3n) is 0.762. The molecule has 0 saturated carbocycles. The summed E-state index contributed by atoms with van der Waals surface area (Å²) >= 11 is 0. The molecule has 7 heavy (non-hydrogen) atoms. The van der Waals surface area contributed by atoms with Gasteiger partial charge in [0.2, 0.25) is 0 Å². The van der Waals surface area contributed by atoms with Gasteiger partial charge in [-0.3, -0.25) is 0 Å². The van der Waals surface area contributed by atoms with E-state index in [1.807, 2.05) is 0 Å². The molecule has 1 rings (SSSR count). The lowest BCUT2D eigenvalue weighted by Gasteiger charge is -2.01. The summed E-state index contributed by atoms with van der Waals surface area (Å²) in [6, 6.07) is 0. The van der Waals surface area contributed by atoms with Crippen LogP contribution < -0.4 is 5.73 Å². The van der Waals surface area contributed by atoms with Gasteiger partial charge in [-0.1, -0.05) is 0 Å². The van der Waals surface area contributed by atoms with Crippen molar-refractivity contribution >= 4 is 0 Å². The summed E-state index contributed by atoms with van der Waals surface area (Å²) in [6.45, 7) is 0. The maximum Gasteiger partial charge on any atom is 0.176 e. The number of aliphatic hydroxyl groups excluding tert-OH is 1. The number of aliphatic hydroxyl groups is 1. The van der Waals surface area contributed by atoms with Crippen LogP contribution >= 0.6 is 0 Å². The Bertz CT molecular complexity index is 81.7. The molecule has 0 fully saturated rings. The predicted molar refractivity (Wildman–Crippen MR) is 24.2 cm³/mol. The first kappa shape index (κ1) is 4.77. The maximum absolute atomic E-state index is 8.51. The summed E-state index contributed by atoms with van der Waals surface area (Å²) in [5, 5.41) is 8.51. The van der Waals surface area contributed by atoms with E-state index < -0.39 is 12.5 Å². The Morgan fingerprint density at radius 3 is 2.43 bits per heavy atom. The molecule has 1 aliphatic rings. The minimum Gasteiger partial charge on any atom is -0.365 e. The van der Waals surface area contributed by atoms with E-state index in [1.165, 1.54) is 6.08 Å². The van der Waals surface area contributed by atoms with Gasteiger partial charge in [0.15, 0.2) is 6.29 Å². The molecular formula is C4H7NO2. The van der Waals surface area contributed by atoms with Crippen LogP contribution in [0.2, 0.25) is 0 Å². The van der Waals surface area contributed by atoms with Gasteiger partial charge in [0.25, 0.3) is 0 Å². The van der Waals surface area contributed by atoms with E-state index >= 15 is 0 Å². The van der Waals surface area contributed by atoms with Gasteiger partial charge in [-0.25, -0.2) is 0 Å². The zero-order valence-corrected chi connectivity index (χ0v) is 3.74. The van der Waals surface area contributed by atoms with Gasteiger partial charge >= 0.3 is 0 Å². The monoisotopic (exact) mass is 101 g/mol. The first-order chi connectivity index (χ1) is 3.29. The van der Waals surface area contributed by atoms with Crippen LogP contribution in [0, 0.1) is 0 Å². The molecule has 3 N–H and O–H groups in total. The molecule has 1 heterocycles. The normalized spacial score (nSPS) is 39.7. The quantitative estimate of drug-likeness (QED) is 0.392. The summed E-state index contributed by atoms with van der Waals surface area (Å²) in [4.78, 5) is 0. The highest BCUT2D eigenvalue weighted by atomic mass is 16.6. The topological polar surface area (TPSA) is 55.5 Å². The van der Waals surface area contributed by atoms with Crippen LogP contribution in [0.4, 0.5) is 0 Å². The molecule has 3 heteroatoms. The standard InChI is InChI=1S/C4H7NO2/c5-3-1-2-4(6)7-3/h1-4,6H,5H2. The highest BCUT2D eigenvalue weighted by Crippen LogP contribution is 2.01. The molecular weight excluding hydrogens is 94.0 g/mol. The second-order valence-corrected chi connectivity index (χ2v) is 1.38. The summed E-state index contributed by atoms with van der Waals surface area (Å²) < 4.78 is 4.58. The molecule has 0 amide bonds. The third-order valence-corrected chi connectivity index (χ3v) is 0.762. The Morgan fingerprint density at radius 2 is 2.29 bits per heavy atom. The number of rotatable bonds is 0. The number of hydrogen-bond acceptors (Lipinski definition) is 3. The molecule has 0 spiro atoms. The molecule has 1 aliphatic heterocycles. The minimum absolute atomic E-state index is 0.407. The zero-order chi connectivity index (χ0) is 5.28. The second kappa shape index (κ2) is 1.61. The van der Waals surface area contributed by atoms with Crippen molar-refractivity contribution in [1.29, 1.82) is 0 Å². The molecule has 0 aromatic carbocycles. The molecule has 2 unspecified atom stereocenters. The highest BCUT2D eigenvalue weighted by Gasteiger charge is 2.10. The van der Waals surface area contributed by atoms with Gasteiger partial charge in [0, 0.05) is 0 Å². The first-order valence-electron chi connectivity index (χ1n) is 2.06. The van der Waals surface area contributed by atoms with Crippen molar-refractivity contribution in [3.63, 3.8) is 0 Å². The molecule has 0 radical (unpaired) electrons. The lowest BCUT2D eigenvalue weighted by atomic mass is 10.5. The Morgan fingerprint density at radius 1 is 1.57 bits per heavy atom. The lowest BCUT2D eigenvalue weighted by Crippen LogP contribution is -2.20. The summed E-state index contributed by atoms with van der Waals surface area (Å²) in [5.41, 5.74) is 5.16. The molecule has 0 bridgehead atoms. The fraction of sp³-hybridized carbons (Fsp3) is 0.500. The van der Waals surface area contributed by atoms with E-state index in [9.17, 15) is 0 Å². The van der Waals surface area contributed by atoms with Crippen LogP contribution in [-0.2, 0) is 4.74 Å². The first-order valence-corrected chi connectivity index (χ1v) is 2.06. The van der Waals surface area contributed by atoms with Crippen molar-refractivity contribution in [3.8, 4) is 0 Å². The van der Waals surface area contributed by atoms with E-state index in [4.69, 9.17) is 10.8 Å². The Balaban J connectivity index is 2.42. The molecule has 0 aromatic rings. The third kappa shape index (κ3) is 0.991. The van der Waals surface area contributed by atoms with Gasteiger partial charge in [-0.05, 0) is 12.2 Å². The Labute approximate surface area is 41.4 Å². The van der Waals surface area contributed by atoms with Crippen molar-refractivity contribution in [2.75, 3.05) is 0 Å². The molecule has 3 nitrogen and oxygen atoms in total. The van der Waals surface area contributed by atoms with Crippen molar-refractivity contribution in [3.05, 3.63) is 12.2 Å². The van der Waals surface area contributed by atoms with E-state index in [1.54, 1.807) is 6.08 Å². The fourth-order valence-corrected chi connectivity index (χ4v) is 0.456. The van der Waals surface area contributed by atoms with Gasteiger partial charge in [0.1, 0.15) is 6.23 Å². The summed E-state index contributed by atoms with van der Waals surface area (Å²) in [7, 11) is 0. The van der Waals surface area contributed by atoms with Gasteiger partial charge in [0.05, 0.1) is 0 Å². The fourth-order valence-electron chi connectivity index (χ4n) is 0.456. The lowest BCUT2D eigenvalue weighted by molar-refractivity contribution is -0.0712. The van der Waals surface area contributed by atoms with Crippen LogP contribution in [0.25, 0.3) is 0 Å². The second-order valence-electron chi connectivity index (χ2n) is 1.38. The number of hydrogen-bond donors (Lipinski definition) is 2. The van der Waals surface area contributed by atoms with E-state index in [0.29, 0.717) is 0 Å². The SMILES string of the molecule is NC1C=CC(O)O1. The van der Waals surface area contributed by atoms with Crippen LogP contribution in [0.1, 0.15) is 0 Å². The van der Waals surface area contributed by atoms with Crippen molar-refractivity contribution in [1.82, 2.24) is 0 Å². The van der Waals surface area contributed by atoms with Crippen LogP contribution in [0.15, 0.2) is 12.2 Å². The van der Waals surface area contributed by atoms with E-state index in [2.05, 4.69) is 4.74 Å². The number of ether oxygens (including phenoxy) is 1. The largest absolute Gasteiger partial charge is 0.365 e. The van der Waals surface area contributed by atoms with Crippen LogP contribution in [0.5, 0.6) is 0 Å². The summed E-state index contributed by atoms with van der Waals surface area (Å²) in [6.07, 6.45) is 1.92. The zero-order valence-electron chi connectivity index (χ0n) is 3.74. The van der Waals surface area contributed by atoms with Crippen molar-refractivity contribution in [2.45, 2.75) is 12.5 Å². The molecule has 0 aromatic heterocycles. The smallest absolute Gasteiger partial charge is 0.176 e. The van der Waals surface area contributed by atoms with Gasteiger partial charge < -0.3 is 15.6 Å². The Kier molecular flexibility index (Phi) is 1.10. The average molecular weight is 101 g/mol. The molecule has 2 atom stereocenters. The molecule has 0 aliphatic carbocycles.